The highest BCUT2D eigenvalue weighted by Gasteiger charge is 2.53. The lowest BCUT2D eigenvalue weighted by Gasteiger charge is -2.39. The van der Waals surface area contributed by atoms with Crippen LogP contribution in [0.5, 0.6) is 28.7 Å². The van der Waals surface area contributed by atoms with Gasteiger partial charge in [-0.3, -0.25) is 4.79 Å². The Labute approximate surface area is 209 Å². The first-order valence-electron chi connectivity index (χ1n) is 11.8. The van der Waals surface area contributed by atoms with E-state index in [9.17, 15) is 18.3 Å². The van der Waals surface area contributed by atoms with Crippen molar-refractivity contribution >= 4 is 16.0 Å². The van der Waals surface area contributed by atoms with E-state index in [1.807, 2.05) is 6.92 Å². The number of aromatic hydroxyl groups is 1. The molecule has 2 heterocycles. The molecule has 10 nitrogen and oxygen atoms in total. The minimum absolute atomic E-state index is 0.0120. The van der Waals surface area contributed by atoms with Crippen LogP contribution < -0.4 is 23.7 Å². The lowest BCUT2D eigenvalue weighted by molar-refractivity contribution is -0.141. The number of phenols is 1. The van der Waals surface area contributed by atoms with Crippen LogP contribution in [-0.4, -0.2) is 52.9 Å². The molecule has 0 radical (unpaired) electrons. The van der Waals surface area contributed by atoms with E-state index >= 15 is 0 Å². The van der Waals surface area contributed by atoms with E-state index < -0.39 is 39.8 Å². The summed E-state index contributed by atoms with van der Waals surface area (Å²) in [5, 5.41) is 10.5. The summed E-state index contributed by atoms with van der Waals surface area (Å²) in [4.78, 5) is 13.1. The van der Waals surface area contributed by atoms with E-state index in [4.69, 9.17) is 23.7 Å². The van der Waals surface area contributed by atoms with Crippen molar-refractivity contribution in [1.29, 1.82) is 0 Å². The van der Waals surface area contributed by atoms with Crippen LogP contribution >= 0.6 is 0 Å². The zero-order chi connectivity index (χ0) is 25.6. The van der Waals surface area contributed by atoms with Gasteiger partial charge in [-0.2, -0.15) is 0 Å². The molecular weight excluding hydrogens is 490 g/mol. The standard InChI is InChI=1S/C25H29NO9S/c1-4-5-6-36(29,30)26-23-15-10-18-17(34-12-35-18)9-14(15)21(22-16(23)11-33-25(22)28)13-7-19(31-2)24(27)20(8-13)32-3/h7-10,16,21-23,26-27H,4-6,11-12H2,1-3H3/t16-,21+,22-,23+/m0/s1. The number of carbonyl (C=O) groups is 1. The molecule has 0 saturated carbocycles. The first-order valence-corrected chi connectivity index (χ1v) is 13.5. The number of unbranched alkanes of at least 4 members (excludes halogenated alkanes) is 1. The topological polar surface area (TPSA) is 130 Å². The fourth-order valence-corrected chi connectivity index (χ4v) is 6.87. The highest BCUT2D eigenvalue weighted by molar-refractivity contribution is 7.89. The van der Waals surface area contributed by atoms with Crippen LogP contribution in [0.15, 0.2) is 24.3 Å². The summed E-state index contributed by atoms with van der Waals surface area (Å²) in [6.45, 7) is 2.04. The molecule has 0 amide bonds. The number of fused-ring (bicyclic) bond motifs is 3. The van der Waals surface area contributed by atoms with E-state index in [-0.39, 0.29) is 36.4 Å². The predicted molar refractivity (Wildman–Crippen MR) is 128 cm³/mol. The Balaban J connectivity index is 1.70. The molecule has 1 aliphatic carbocycles. The molecule has 36 heavy (non-hydrogen) atoms. The van der Waals surface area contributed by atoms with Gasteiger partial charge >= 0.3 is 5.97 Å². The van der Waals surface area contributed by atoms with Crippen LogP contribution in [-0.2, 0) is 19.6 Å². The van der Waals surface area contributed by atoms with Crippen molar-refractivity contribution in [3.05, 3.63) is 41.0 Å². The minimum Gasteiger partial charge on any atom is -0.502 e. The van der Waals surface area contributed by atoms with Crippen LogP contribution in [0.3, 0.4) is 0 Å². The summed E-state index contributed by atoms with van der Waals surface area (Å²) < 4.78 is 56.2. The van der Waals surface area contributed by atoms with Gasteiger partial charge in [-0.25, -0.2) is 13.1 Å². The molecule has 5 rings (SSSR count). The normalized spacial score (nSPS) is 24.1. The number of phenolic OH excluding ortho intramolecular Hbond substituents is 1. The van der Waals surface area contributed by atoms with Gasteiger partial charge in [0.05, 0.1) is 38.5 Å². The number of methoxy groups -OCH3 is 2. The minimum atomic E-state index is -3.63. The summed E-state index contributed by atoms with van der Waals surface area (Å²) in [7, 11) is -0.768. The van der Waals surface area contributed by atoms with Crippen molar-refractivity contribution in [2.45, 2.75) is 31.7 Å². The number of sulfonamides is 1. The molecule has 2 N–H and O–H groups in total. The van der Waals surface area contributed by atoms with Gasteiger partial charge in [-0.15, -0.1) is 0 Å². The molecule has 0 unspecified atom stereocenters. The van der Waals surface area contributed by atoms with Gasteiger partial charge in [0, 0.05) is 11.8 Å². The zero-order valence-electron chi connectivity index (χ0n) is 20.3. The summed E-state index contributed by atoms with van der Waals surface area (Å²) in [6, 6.07) is 6.20. The average Bonchev–Trinajstić information content (AvgIpc) is 3.48. The van der Waals surface area contributed by atoms with Gasteiger partial charge in [0.25, 0.3) is 0 Å². The highest BCUT2D eigenvalue weighted by atomic mass is 32.2. The van der Waals surface area contributed by atoms with Gasteiger partial charge in [-0.1, -0.05) is 13.3 Å². The lowest BCUT2D eigenvalue weighted by Crippen LogP contribution is -2.43. The van der Waals surface area contributed by atoms with E-state index in [1.54, 1.807) is 24.3 Å². The van der Waals surface area contributed by atoms with Gasteiger partial charge < -0.3 is 28.8 Å². The molecular formula is C25H29NO9S. The molecule has 0 bridgehead atoms. The monoisotopic (exact) mass is 519 g/mol. The first kappa shape index (κ1) is 24.5. The largest absolute Gasteiger partial charge is 0.502 e. The Morgan fingerprint density at radius 1 is 1.03 bits per heavy atom. The second-order valence-corrected chi connectivity index (χ2v) is 11.0. The van der Waals surface area contributed by atoms with Gasteiger partial charge in [0.1, 0.15) is 0 Å². The van der Waals surface area contributed by atoms with Crippen LogP contribution in [0.1, 0.15) is 48.4 Å². The number of ether oxygens (including phenoxy) is 5. The third-order valence-corrected chi connectivity index (χ3v) is 8.56. The Morgan fingerprint density at radius 3 is 2.28 bits per heavy atom. The van der Waals surface area contributed by atoms with Crippen LogP contribution in [0.2, 0.25) is 0 Å². The SMILES string of the molecule is CCCCS(=O)(=O)N[C@@H]1c2cc3c(cc2[C@@H](c2cc(OC)c(O)c(OC)c2)[C@H]2C(=O)OC[C@@H]21)OCO3. The zero-order valence-corrected chi connectivity index (χ0v) is 21.1. The molecule has 2 aromatic carbocycles. The molecule has 4 atom stereocenters. The number of carbonyl (C=O) groups excluding carboxylic acids is 1. The number of hydrogen-bond acceptors (Lipinski definition) is 9. The highest BCUT2D eigenvalue weighted by Crippen LogP contribution is 2.55. The summed E-state index contributed by atoms with van der Waals surface area (Å²) >= 11 is 0. The maximum atomic E-state index is 13.1. The van der Waals surface area contributed by atoms with Crippen molar-refractivity contribution < 1.29 is 42.0 Å². The summed E-state index contributed by atoms with van der Waals surface area (Å²) in [5.41, 5.74) is 2.05. The molecule has 0 aromatic heterocycles. The smallest absolute Gasteiger partial charge is 0.310 e. The number of rotatable bonds is 8. The molecule has 1 fully saturated rings. The van der Waals surface area contributed by atoms with E-state index in [0.717, 1.165) is 6.42 Å². The second-order valence-electron chi connectivity index (χ2n) is 9.17. The van der Waals surface area contributed by atoms with E-state index in [2.05, 4.69) is 4.72 Å². The third kappa shape index (κ3) is 4.09. The quantitative estimate of drug-likeness (QED) is 0.506. The molecule has 11 heteroatoms. The number of nitrogens with one attached hydrogen (secondary N) is 1. The Kier molecular flexibility index (Phi) is 6.37. The number of esters is 1. The van der Waals surface area contributed by atoms with Gasteiger partial charge in [0.2, 0.25) is 22.6 Å². The Hall–Kier alpha value is -3.18. The Bertz CT molecular complexity index is 1270. The van der Waals surface area contributed by atoms with Crippen molar-refractivity contribution in [3.63, 3.8) is 0 Å². The van der Waals surface area contributed by atoms with E-state index in [1.165, 1.54) is 14.2 Å². The number of benzene rings is 2. The Morgan fingerprint density at radius 2 is 1.67 bits per heavy atom. The van der Waals surface area contributed by atoms with Crippen LogP contribution in [0, 0.1) is 11.8 Å². The van der Waals surface area contributed by atoms with E-state index in [0.29, 0.717) is 34.6 Å². The third-order valence-electron chi connectivity index (χ3n) is 7.12. The van der Waals surface area contributed by atoms with Crippen molar-refractivity contribution in [3.8, 4) is 28.7 Å². The average molecular weight is 520 g/mol. The van der Waals surface area contributed by atoms with Crippen molar-refractivity contribution in [2.75, 3.05) is 33.4 Å². The van der Waals surface area contributed by atoms with Crippen LogP contribution in [0.25, 0.3) is 0 Å². The molecule has 2 aliphatic heterocycles. The molecule has 0 spiro atoms. The van der Waals surface area contributed by atoms with Gasteiger partial charge in [0.15, 0.2) is 23.0 Å². The molecule has 3 aliphatic rings. The molecule has 2 aromatic rings. The maximum Gasteiger partial charge on any atom is 0.310 e. The second kappa shape index (κ2) is 9.36. The van der Waals surface area contributed by atoms with Gasteiger partial charge in [-0.05, 0) is 47.4 Å². The number of cyclic esters (lactones) is 1. The summed E-state index contributed by atoms with van der Waals surface area (Å²) in [6.07, 6.45) is 1.26. The van der Waals surface area contributed by atoms with Crippen molar-refractivity contribution in [2.24, 2.45) is 11.8 Å². The number of hydrogen-bond donors (Lipinski definition) is 2. The molecule has 194 valence electrons. The predicted octanol–water partition coefficient (Wildman–Crippen LogP) is 2.83. The maximum absolute atomic E-state index is 13.1. The summed E-state index contributed by atoms with van der Waals surface area (Å²) in [5.74, 6) is -0.864. The first-order chi connectivity index (χ1) is 17.3. The molecule has 1 saturated heterocycles. The fraction of sp³-hybridized carbons (Fsp3) is 0.480. The van der Waals surface area contributed by atoms with Crippen molar-refractivity contribution in [1.82, 2.24) is 4.72 Å². The fourth-order valence-electron chi connectivity index (χ4n) is 5.39. The lowest BCUT2D eigenvalue weighted by atomic mass is 9.65. The van der Waals surface area contributed by atoms with Crippen LogP contribution in [0.4, 0.5) is 0 Å².